The van der Waals surface area contributed by atoms with Gasteiger partial charge < -0.3 is 15.4 Å². The van der Waals surface area contributed by atoms with Crippen LogP contribution in [-0.2, 0) is 13.0 Å². The van der Waals surface area contributed by atoms with E-state index >= 15 is 0 Å². The minimum atomic E-state index is 0.340. The molecular weight excluding hydrogens is 358 g/mol. The Morgan fingerprint density at radius 2 is 2.15 bits per heavy atom. The van der Waals surface area contributed by atoms with Gasteiger partial charge in [-0.3, -0.25) is 0 Å². The van der Waals surface area contributed by atoms with E-state index in [4.69, 9.17) is 4.74 Å². The average Bonchev–Trinajstić information content (AvgIpc) is 3.33. The van der Waals surface area contributed by atoms with Crippen molar-refractivity contribution in [3.05, 3.63) is 40.0 Å². The van der Waals surface area contributed by atoms with Crippen LogP contribution in [0.1, 0.15) is 48.9 Å². The highest BCUT2D eigenvalue weighted by molar-refractivity contribution is 7.09. The molecule has 3 rings (SSSR count). The van der Waals surface area contributed by atoms with Crippen molar-refractivity contribution in [1.82, 2.24) is 20.6 Å². The van der Waals surface area contributed by atoms with Gasteiger partial charge in [0.2, 0.25) is 5.88 Å². The van der Waals surface area contributed by atoms with Crippen molar-refractivity contribution in [2.75, 3.05) is 13.1 Å². The van der Waals surface area contributed by atoms with Crippen molar-refractivity contribution in [2.24, 2.45) is 4.99 Å². The number of guanidine groups is 1. The minimum Gasteiger partial charge on any atom is -0.474 e. The Bertz CT molecular complexity index is 722. The van der Waals surface area contributed by atoms with Crippen LogP contribution in [0.25, 0.3) is 0 Å². The van der Waals surface area contributed by atoms with E-state index in [2.05, 4.69) is 37.9 Å². The maximum absolute atomic E-state index is 5.91. The number of rotatable bonds is 8. The van der Waals surface area contributed by atoms with Crippen molar-refractivity contribution in [3.8, 4) is 5.88 Å². The molecule has 0 spiro atoms. The summed E-state index contributed by atoms with van der Waals surface area (Å²) in [6, 6.07) is 4.00. The van der Waals surface area contributed by atoms with Crippen molar-refractivity contribution in [1.29, 1.82) is 0 Å². The van der Waals surface area contributed by atoms with E-state index in [1.54, 1.807) is 11.3 Å². The van der Waals surface area contributed by atoms with E-state index < -0.39 is 0 Å². The Balaban J connectivity index is 1.47. The average molecular weight is 388 g/mol. The molecule has 2 aromatic heterocycles. The summed E-state index contributed by atoms with van der Waals surface area (Å²) in [5.41, 5.74) is 2.20. The lowest BCUT2D eigenvalue weighted by atomic mass is 10.3. The van der Waals surface area contributed by atoms with E-state index in [-0.39, 0.29) is 0 Å². The predicted octanol–water partition coefficient (Wildman–Crippen LogP) is 3.47. The first-order valence-electron chi connectivity index (χ1n) is 9.77. The molecule has 0 aliphatic heterocycles. The summed E-state index contributed by atoms with van der Waals surface area (Å²) >= 11 is 1.69. The monoisotopic (exact) mass is 387 g/mol. The molecule has 27 heavy (non-hydrogen) atoms. The fraction of sp³-hybridized carbons (Fsp3) is 0.550. The predicted molar refractivity (Wildman–Crippen MR) is 110 cm³/mol. The third kappa shape index (κ3) is 6.50. The van der Waals surface area contributed by atoms with Crippen LogP contribution in [0.2, 0.25) is 0 Å². The first kappa shape index (κ1) is 19.6. The van der Waals surface area contributed by atoms with E-state index in [1.165, 1.54) is 12.8 Å². The lowest BCUT2D eigenvalue weighted by Crippen LogP contribution is -2.38. The third-order valence-corrected chi connectivity index (χ3v) is 5.31. The topological polar surface area (TPSA) is 71.4 Å². The zero-order valence-electron chi connectivity index (χ0n) is 16.2. The Morgan fingerprint density at radius 3 is 2.81 bits per heavy atom. The number of hydrogen-bond acceptors (Lipinski definition) is 5. The maximum atomic E-state index is 5.91. The van der Waals surface area contributed by atoms with Crippen molar-refractivity contribution in [3.63, 3.8) is 0 Å². The number of nitrogens with one attached hydrogen (secondary N) is 2. The van der Waals surface area contributed by atoms with Crippen LogP contribution in [0.3, 0.4) is 0 Å². The van der Waals surface area contributed by atoms with Crippen molar-refractivity contribution >= 4 is 17.3 Å². The Kier molecular flexibility index (Phi) is 7.45. The molecule has 0 bridgehead atoms. The van der Waals surface area contributed by atoms with Gasteiger partial charge in [-0.15, -0.1) is 11.3 Å². The molecule has 0 atom stereocenters. The molecule has 2 N–H and O–H groups in total. The molecule has 0 saturated heterocycles. The number of hydrogen-bond donors (Lipinski definition) is 2. The number of nitrogens with zero attached hydrogens (tertiary/aromatic N) is 3. The molecular formula is C20H29N5OS. The second kappa shape index (κ2) is 10.3. The summed E-state index contributed by atoms with van der Waals surface area (Å²) in [5, 5.41) is 9.87. The second-order valence-electron chi connectivity index (χ2n) is 6.76. The molecule has 2 heterocycles. The van der Waals surface area contributed by atoms with Gasteiger partial charge >= 0.3 is 0 Å². The van der Waals surface area contributed by atoms with Crippen LogP contribution in [0, 0.1) is 6.92 Å². The summed E-state index contributed by atoms with van der Waals surface area (Å²) < 4.78 is 5.91. The van der Waals surface area contributed by atoms with E-state index in [1.807, 2.05) is 25.3 Å². The number of aryl methyl sites for hydroxylation is 1. The van der Waals surface area contributed by atoms with Gasteiger partial charge in [0.05, 0.1) is 17.2 Å². The molecule has 1 saturated carbocycles. The van der Waals surface area contributed by atoms with Crippen molar-refractivity contribution in [2.45, 2.75) is 58.6 Å². The summed E-state index contributed by atoms with van der Waals surface area (Å²) in [6.45, 7) is 6.32. The largest absolute Gasteiger partial charge is 0.474 e. The molecule has 0 unspecified atom stereocenters. The highest BCUT2D eigenvalue weighted by atomic mass is 32.1. The molecule has 0 amide bonds. The number of aromatic nitrogens is 2. The van der Waals surface area contributed by atoms with Crippen molar-refractivity contribution < 1.29 is 4.74 Å². The van der Waals surface area contributed by atoms with Gasteiger partial charge in [-0.05, 0) is 45.1 Å². The van der Waals surface area contributed by atoms with Gasteiger partial charge in [0, 0.05) is 37.2 Å². The summed E-state index contributed by atoms with van der Waals surface area (Å²) in [4.78, 5) is 13.6. The molecule has 1 aliphatic rings. The first-order valence-corrected chi connectivity index (χ1v) is 10.7. The molecule has 0 radical (unpaired) electrons. The van der Waals surface area contributed by atoms with Crippen LogP contribution < -0.4 is 15.4 Å². The Hall–Kier alpha value is -2.15. The maximum Gasteiger partial charge on any atom is 0.213 e. The normalized spacial score (nSPS) is 15.1. The van der Waals surface area contributed by atoms with E-state index in [0.29, 0.717) is 12.6 Å². The zero-order valence-corrected chi connectivity index (χ0v) is 17.0. The van der Waals surface area contributed by atoms with Crippen LogP contribution in [-0.4, -0.2) is 35.1 Å². The highest BCUT2D eigenvalue weighted by Gasteiger charge is 2.16. The van der Waals surface area contributed by atoms with E-state index in [0.717, 1.165) is 60.5 Å². The highest BCUT2D eigenvalue weighted by Crippen LogP contribution is 2.22. The van der Waals surface area contributed by atoms with Gasteiger partial charge in [0.15, 0.2) is 5.96 Å². The Labute approximate surface area is 165 Å². The standard InChI is InChI=1S/C20H29N5OS/c1-3-21-20(22-11-10-17-14-27-15(2)25-17)24-13-16-8-9-19(23-12-16)26-18-6-4-5-7-18/h8-9,12,14,18H,3-7,10-11,13H2,1-2H3,(H2,21,22,24). The fourth-order valence-electron chi connectivity index (χ4n) is 3.10. The molecule has 146 valence electrons. The number of pyridine rings is 1. The lowest BCUT2D eigenvalue weighted by Gasteiger charge is -2.12. The number of ether oxygens (including phenoxy) is 1. The molecule has 7 heteroatoms. The van der Waals surface area contributed by atoms with Crippen LogP contribution >= 0.6 is 11.3 Å². The van der Waals surface area contributed by atoms with Crippen LogP contribution in [0.5, 0.6) is 5.88 Å². The van der Waals surface area contributed by atoms with Gasteiger partial charge in [0.25, 0.3) is 0 Å². The van der Waals surface area contributed by atoms with Gasteiger partial charge in [-0.1, -0.05) is 6.07 Å². The fourth-order valence-corrected chi connectivity index (χ4v) is 3.74. The summed E-state index contributed by atoms with van der Waals surface area (Å²) in [7, 11) is 0. The third-order valence-electron chi connectivity index (χ3n) is 4.49. The molecule has 6 nitrogen and oxygen atoms in total. The molecule has 1 fully saturated rings. The summed E-state index contributed by atoms with van der Waals surface area (Å²) in [5.74, 6) is 1.54. The summed E-state index contributed by atoms with van der Waals surface area (Å²) in [6.07, 6.45) is 7.91. The quantitative estimate of drug-likeness (QED) is 0.536. The van der Waals surface area contributed by atoms with Crippen LogP contribution in [0.15, 0.2) is 28.7 Å². The minimum absolute atomic E-state index is 0.340. The number of aliphatic imine (C=N–C) groups is 1. The smallest absolute Gasteiger partial charge is 0.213 e. The van der Waals surface area contributed by atoms with Gasteiger partial charge in [-0.2, -0.15) is 0 Å². The Morgan fingerprint density at radius 1 is 1.30 bits per heavy atom. The molecule has 2 aromatic rings. The second-order valence-corrected chi connectivity index (χ2v) is 7.82. The van der Waals surface area contributed by atoms with E-state index in [9.17, 15) is 0 Å². The van der Waals surface area contributed by atoms with Gasteiger partial charge in [-0.25, -0.2) is 15.0 Å². The number of thiazole rings is 1. The first-order chi connectivity index (χ1) is 13.2. The lowest BCUT2D eigenvalue weighted by molar-refractivity contribution is 0.201. The van der Waals surface area contributed by atoms with Gasteiger partial charge in [0.1, 0.15) is 6.10 Å². The molecule has 0 aromatic carbocycles. The molecule has 1 aliphatic carbocycles. The van der Waals surface area contributed by atoms with Crippen LogP contribution in [0.4, 0.5) is 0 Å². The SMILES string of the molecule is CCNC(=NCc1ccc(OC2CCCC2)nc1)NCCc1csc(C)n1. The zero-order chi connectivity index (χ0) is 18.9.